The molecule has 2 heteroatoms. The lowest BCUT2D eigenvalue weighted by Crippen LogP contribution is -2.16. The number of rotatable bonds is 6. The van der Waals surface area contributed by atoms with E-state index in [1.54, 1.807) is 0 Å². The van der Waals surface area contributed by atoms with Crippen molar-refractivity contribution in [2.45, 2.75) is 33.2 Å². The molecule has 0 atom stereocenters. The first kappa shape index (κ1) is 12.9. The molecular weight excluding hydrogens is 222 g/mol. The van der Waals surface area contributed by atoms with Gasteiger partial charge in [-0.1, -0.05) is 36.8 Å². The predicted octanol–water partition coefficient (Wildman–Crippen LogP) is 3.48. The Balaban J connectivity index is 1.72. The molecule has 1 aromatic heterocycles. The Morgan fingerprint density at radius 2 is 1.94 bits per heavy atom. The Labute approximate surface area is 109 Å². The fourth-order valence-electron chi connectivity index (χ4n) is 2.02. The third kappa shape index (κ3) is 3.74. The van der Waals surface area contributed by atoms with Gasteiger partial charge < -0.3 is 9.73 Å². The van der Waals surface area contributed by atoms with E-state index >= 15 is 0 Å². The molecule has 0 saturated carbocycles. The fraction of sp³-hybridized carbons (Fsp3) is 0.375. The molecule has 1 heterocycles. The Hall–Kier alpha value is -1.54. The molecule has 0 bridgehead atoms. The summed E-state index contributed by atoms with van der Waals surface area (Å²) in [7, 11) is 0. The van der Waals surface area contributed by atoms with Crippen molar-refractivity contribution in [3.05, 3.63) is 59.0 Å². The second-order valence-corrected chi connectivity index (χ2v) is 4.64. The maximum absolute atomic E-state index is 5.64. The van der Waals surface area contributed by atoms with Crippen molar-refractivity contribution in [2.75, 3.05) is 6.54 Å². The van der Waals surface area contributed by atoms with Gasteiger partial charge in [0.05, 0.1) is 6.54 Å². The van der Waals surface area contributed by atoms with Crippen LogP contribution in [0.15, 0.2) is 40.8 Å². The van der Waals surface area contributed by atoms with Gasteiger partial charge in [0.2, 0.25) is 0 Å². The summed E-state index contributed by atoms with van der Waals surface area (Å²) >= 11 is 0. The minimum absolute atomic E-state index is 0.811. The molecule has 0 fully saturated rings. The topological polar surface area (TPSA) is 25.2 Å². The van der Waals surface area contributed by atoms with E-state index in [0.29, 0.717) is 0 Å². The molecule has 0 saturated heterocycles. The number of hydrogen-bond donors (Lipinski definition) is 1. The smallest absolute Gasteiger partial charge is 0.117 e. The second-order valence-electron chi connectivity index (χ2n) is 4.64. The lowest BCUT2D eigenvalue weighted by molar-refractivity contribution is 0.451. The summed E-state index contributed by atoms with van der Waals surface area (Å²) < 4.78 is 5.64. The highest BCUT2D eigenvalue weighted by Gasteiger charge is 1.99. The Kier molecular flexibility index (Phi) is 4.59. The van der Waals surface area contributed by atoms with Gasteiger partial charge in [-0.05, 0) is 37.6 Å². The number of benzene rings is 1. The van der Waals surface area contributed by atoms with Crippen LogP contribution in [0.25, 0.3) is 0 Å². The maximum atomic E-state index is 5.64. The van der Waals surface area contributed by atoms with Gasteiger partial charge in [-0.25, -0.2) is 0 Å². The van der Waals surface area contributed by atoms with Crippen molar-refractivity contribution < 1.29 is 4.42 Å². The fourth-order valence-corrected chi connectivity index (χ4v) is 2.02. The quantitative estimate of drug-likeness (QED) is 0.786. The zero-order valence-corrected chi connectivity index (χ0v) is 11.2. The Morgan fingerprint density at radius 1 is 1.11 bits per heavy atom. The molecule has 0 aliphatic rings. The summed E-state index contributed by atoms with van der Waals surface area (Å²) in [6.45, 7) is 6.03. The molecule has 0 amide bonds. The molecule has 0 aliphatic carbocycles. The summed E-state index contributed by atoms with van der Waals surface area (Å²) in [5.41, 5.74) is 2.71. The van der Waals surface area contributed by atoms with Gasteiger partial charge >= 0.3 is 0 Å². The van der Waals surface area contributed by atoms with Crippen LogP contribution in [0.4, 0.5) is 0 Å². The monoisotopic (exact) mass is 243 g/mol. The molecule has 0 spiro atoms. The zero-order chi connectivity index (χ0) is 12.8. The largest absolute Gasteiger partial charge is 0.465 e. The molecule has 2 aromatic rings. The minimum atomic E-state index is 0.811. The van der Waals surface area contributed by atoms with Crippen molar-refractivity contribution in [1.29, 1.82) is 0 Å². The van der Waals surface area contributed by atoms with Crippen molar-refractivity contribution >= 4 is 0 Å². The van der Waals surface area contributed by atoms with Crippen LogP contribution in [-0.4, -0.2) is 6.54 Å². The lowest BCUT2D eigenvalue weighted by atomic mass is 10.1. The van der Waals surface area contributed by atoms with Crippen LogP contribution < -0.4 is 5.32 Å². The van der Waals surface area contributed by atoms with Crippen molar-refractivity contribution in [2.24, 2.45) is 0 Å². The van der Waals surface area contributed by atoms with Crippen LogP contribution in [-0.2, 0) is 19.4 Å². The van der Waals surface area contributed by atoms with Gasteiger partial charge in [0.1, 0.15) is 11.5 Å². The van der Waals surface area contributed by atoms with Crippen molar-refractivity contribution in [3.63, 3.8) is 0 Å². The van der Waals surface area contributed by atoms with E-state index in [2.05, 4.69) is 55.6 Å². The molecule has 0 unspecified atom stereocenters. The third-order valence-corrected chi connectivity index (χ3v) is 3.04. The van der Waals surface area contributed by atoms with E-state index in [4.69, 9.17) is 4.42 Å². The van der Waals surface area contributed by atoms with E-state index in [0.717, 1.165) is 37.5 Å². The van der Waals surface area contributed by atoms with E-state index in [1.165, 1.54) is 11.1 Å². The molecule has 1 aromatic carbocycles. The van der Waals surface area contributed by atoms with E-state index in [-0.39, 0.29) is 0 Å². The van der Waals surface area contributed by atoms with Crippen molar-refractivity contribution in [1.82, 2.24) is 5.32 Å². The van der Waals surface area contributed by atoms with Gasteiger partial charge in [0, 0.05) is 6.42 Å². The molecule has 2 rings (SSSR count). The van der Waals surface area contributed by atoms with E-state index < -0.39 is 0 Å². The van der Waals surface area contributed by atoms with Crippen LogP contribution in [0.5, 0.6) is 0 Å². The number of hydrogen-bond acceptors (Lipinski definition) is 2. The maximum Gasteiger partial charge on any atom is 0.117 e. The van der Waals surface area contributed by atoms with Gasteiger partial charge in [0.25, 0.3) is 0 Å². The summed E-state index contributed by atoms with van der Waals surface area (Å²) in [6.07, 6.45) is 2.02. The minimum Gasteiger partial charge on any atom is -0.465 e. The third-order valence-electron chi connectivity index (χ3n) is 3.04. The van der Waals surface area contributed by atoms with Crippen LogP contribution >= 0.6 is 0 Å². The highest BCUT2D eigenvalue weighted by atomic mass is 16.3. The van der Waals surface area contributed by atoms with Crippen LogP contribution in [0.2, 0.25) is 0 Å². The lowest BCUT2D eigenvalue weighted by Gasteiger charge is -2.04. The van der Waals surface area contributed by atoms with Crippen LogP contribution in [0.3, 0.4) is 0 Å². The Bertz CT molecular complexity index is 487. The van der Waals surface area contributed by atoms with Gasteiger partial charge in [-0.3, -0.25) is 0 Å². The highest BCUT2D eigenvalue weighted by molar-refractivity contribution is 5.22. The zero-order valence-electron chi connectivity index (χ0n) is 11.2. The SMILES string of the molecule is CCc1ccc(CNCCc2cccc(C)c2)o1. The first-order valence-electron chi connectivity index (χ1n) is 6.62. The summed E-state index contributed by atoms with van der Waals surface area (Å²) in [4.78, 5) is 0. The molecule has 2 nitrogen and oxygen atoms in total. The van der Waals surface area contributed by atoms with Gasteiger partial charge in [0.15, 0.2) is 0 Å². The molecule has 1 N–H and O–H groups in total. The average Bonchev–Trinajstić information content (AvgIpc) is 2.83. The van der Waals surface area contributed by atoms with Crippen molar-refractivity contribution in [3.8, 4) is 0 Å². The standard InChI is InChI=1S/C16H21NO/c1-3-15-7-8-16(18-15)12-17-10-9-14-6-4-5-13(2)11-14/h4-8,11,17H,3,9-10,12H2,1-2H3. The Morgan fingerprint density at radius 3 is 2.67 bits per heavy atom. The molecule has 96 valence electrons. The van der Waals surface area contributed by atoms with E-state index in [9.17, 15) is 0 Å². The number of furan rings is 1. The van der Waals surface area contributed by atoms with E-state index in [1.807, 2.05) is 0 Å². The molecular formula is C16H21NO. The van der Waals surface area contributed by atoms with Crippen LogP contribution in [0, 0.1) is 6.92 Å². The first-order valence-corrected chi connectivity index (χ1v) is 6.62. The van der Waals surface area contributed by atoms with Crippen LogP contribution in [0.1, 0.15) is 29.6 Å². The molecule has 0 aliphatic heterocycles. The summed E-state index contributed by atoms with van der Waals surface area (Å²) in [5, 5.41) is 3.41. The summed E-state index contributed by atoms with van der Waals surface area (Å²) in [6, 6.07) is 12.8. The first-order chi connectivity index (χ1) is 8.78. The number of aryl methyl sites for hydroxylation is 2. The average molecular weight is 243 g/mol. The highest BCUT2D eigenvalue weighted by Crippen LogP contribution is 2.08. The summed E-state index contributed by atoms with van der Waals surface area (Å²) in [5.74, 6) is 2.08. The van der Waals surface area contributed by atoms with Gasteiger partial charge in [-0.15, -0.1) is 0 Å². The molecule has 18 heavy (non-hydrogen) atoms. The predicted molar refractivity (Wildman–Crippen MR) is 74.7 cm³/mol. The molecule has 0 radical (unpaired) electrons. The van der Waals surface area contributed by atoms with Gasteiger partial charge in [-0.2, -0.15) is 0 Å². The second kappa shape index (κ2) is 6.41. The normalized spacial score (nSPS) is 10.8. The number of nitrogens with one attached hydrogen (secondary N) is 1.